The zero-order chi connectivity index (χ0) is 19.8. The van der Waals surface area contributed by atoms with E-state index >= 15 is 0 Å². The minimum atomic E-state index is -0.203. The number of halogens is 1. The van der Waals surface area contributed by atoms with Crippen LogP contribution in [0.5, 0.6) is 0 Å². The fraction of sp³-hybridized carbons (Fsp3) is 0.115. The Balaban J connectivity index is 1.76. The average Bonchev–Trinajstić information content (AvgIpc) is 2.71. The molecule has 28 heavy (non-hydrogen) atoms. The molecule has 3 aromatic rings. The highest BCUT2D eigenvalue weighted by molar-refractivity contribution is 6.30. The molecule has 3 aromatic carbocycles. The summed E-state index contributed by atoms with van der Waals surface area (Å²) in [6, 6.07) is 25.7. The third-order valence-electron chi connectivity index (χ3n) is 4.58. The second-order valence-corrected chi connectivity index (χ2v) is 7.24. The standard InChI is InChI=1S/C26H23ClO/c1-20-7-5-8-22(19-20)9-6-12-25(23-10-3-2-4-11-23)26(28)18-15-21-13-16-24(27)17-14-21/h2-11,13-19,25H,12H2,1H3/b9-6+,18-15+. The van der Waals surface area contributed by atoms with Crippen molar-refractivity contribution in [3.8, 4) is 0 Å². The first kappa shape index (κ1) is 19.9. The highest BCUT2D eigenvalue weighted by atomic mass is 35.5. The molecule has 0 amide bonds. The van der Waals surface area contributed by atoms with Crippen LogP contribution < -0.4 is 0 Å². The summed E-state index contributed by atoms with van der Waals surface area (Å²) in [6.07, 6.45) is 8.33. The summed E-state index contributed by atoms with van der Waals surface area (Å²) >= 11 is 5.92. The zero-order valence-electron chi connectivity index (χ0n) is 15.9. The summed E-state index contributed by atoms with van der Waals surface area (Å²) in [5.74, 6) is -0.110. The van der Waals surface area contributed by atoms with E-state index in [1.54, 1.807) is 6.08 Å². The van der Waals surface area contributed by atoms with E-state index in [0.717, 1.165) is 16.7 Å². The molecular weight excluding hydrogens is 364 g/mol. The Morgan fingerprint density at radius 2 is 1.64 bits per heavy atom. The smallest absolute Gasteiger partial charge is 0.163 e. The Morgan fingerprint density at radius 3 is 2.36 bits per heavy atom. The van der Waals surface area contributed by atoms with Gasteiger partial charge in [0.1, 0.15) is 0 Å². The van der Waals surface area contributed by atoms with E-state index in [2.05, 4.69) is 37.3 Å². The number of aryl methyl sites for hydroxylation is 1. The Labute approximate surface area is 172 Å². The van der Waals surface area contributed by atoms with Crippen LogP contribution in [0.1, 0.15) is 34.6 Å². The van der Waals surface area contributed by atoms with Crippen LogP contribution in [0.15, 0.2) is 91.0 Å². The lowest BCUT2D eigenvalue weighted by Gasteiger charge is -2.12. The highest BCUT2D eigenvalue weighted by Crippen LogP contribution is 2.23. The number of hydrogen-bond donors (Lipinski definition) is 0. The van der Waals surface area contributed by atoms with Gasteiger partial charge in [0.15, 0.2) is 5.78 Å². The zero-order valence-corrected chi connectivity index (χ0v) is 16.6. The molecule has 0 saturated carbocycles. The van der Waals surface area contributed by atoms with E-state index in [1.807, 2.05) is 66.7 Å². The second-order valence-electron chi connectivity index (χ2n) is 6.80. The molecular formula is C26H23ClO. The minimum Gasteiger partial charge on any atom is -0.294 e. The topological polar surface area (TPSA) is 17.1 Å². The number of rotatable bonds is 7. The van der Waals surface area contributed by atoms with Crippen molar-refractivity contribution in [2.75, 3.05) is 0 Å². The van der Waals surface area contributed by atoms with Crippen molar-refractivity contribution in [1.29, 1.82) is 0 Å². The minimum absolute atomic E-state index is 0.0926. The molecule has 0 aliphatic heterocycles. The van der Waals surface area contributed by atoms with Crippen LogP contribution in [0.2, 0.25) is 5.02 Å². The molecule has 0 aliphatic rings. The maximum absolute atomic E-state index is 12.9. The molecule has 0 aliphatic carbocycles. The van der Waals surface area contributed by atoms with Crippen LogP contribution >= 0.6 is 11.6 Å². The number of carbonyl (C=O) groups is 1. The van der Waals surface area contributed by atoms with Crippen molar-refractivity contribution < 1.29 is 4.79 Å². The van der Waals surface area contributed by atoms with Crippen molar-refractivity contribution in [1.82, 2.24) is 0 Å². The summed E-state index contributed by atoms with van der Waals surface area (Å²) in [4.78, 5) is 12.9. The fourth-order valence-electron chi connectivity index (χ4n) is 3.08. The van der Waals surface area contributed by atoms with E-state index in [9.17, 15) is 4.79 Å². The predicted molar refractivity (Wildman–Crippen MR) is 120 cm³/mol. The molecule has 1 unspecified atom stereocenters. The van der Waals surface area contributed by atoms with E-state index in [0.29, 0.717) is 11.4 Å². The van der Waals surface area contributed by atoms with Gasteiger partial charge in [0.25, 0.3) is 0 Å². The number of ketones is 1. The molecule has 0 radical (unpaired) electrons. The van der Waals surface area contributed by atoms with Gasteiger partial charge in [-0.1, -0.05) is 102 Å². The van der Waals surface area contributed by atoms with Gasteiger partial charge in [-0.25, -0.2) is 0 Å². The monoisotopic (exact) mass is 386 g/mol. The first-order valence-electron chi connectivity index (χ1n) is 9.37. The molecule has 0 fully saturated rings. The Hall–Kier alpha value is -2.90. The van der Waals surface area contributed by atoms with E-state index in [-0.39, 0.29) is 11.7 Å². The number of carbonyl (C=O) groups excluding carboxylic acids is 1. The molecule has 0 saturated heterocycles. The lowest BCUT2D eigenvalue weighted by molar-refractivity contribution is -0.115. The van der Waals surface area contributed by atoms with Crippen LogP contribution in [-0.2, 0) is 4.79 Å². The van der Waals surface area contributed by atoms with Crippen LogP contribution in [0.3, 0.4) is 0 Å². The summed E-state index contributed by atoms with van der Waals surface area (Å²) in [5.41, 5.74) is 4.36. The van der Waals surface area contributed by atoms with Gasteiger partial charge in [0, 0.05) is 5.02 Å². The first-order valence-corrected chi connectivity index (χ1v) is 9.75. The highest BCUT2D eigenvalue weighted by Gasteiger charge is 2.16. The summed E-state index contributed by atoms with van der Waals surface area (Å²) < 4.78 is 0. The summed E-state index contributed by atoms with van der Waals surface area (Å²) in [6.45, 7) is 2.08. The van der Waals surface area contributed by atoms with Crippen LogP contribution in [-0.4, -0.2) is 5.78 Å². The van der Waals surface area contributed by atoms with Crippen LogP contribution in [0, 0.1) is 6.92 Å². The van der Waals surface area contributed by atoms with Crippen LogP contribution in [0.4, 0.5) is 0 Å². The lowest BCUT2D eigenvalue weighted by Crippen LogP contribution is -2.09. The Morgan fingerprint density at radius 1 is 0.893 bits per heavy atom. The molecule has 0 aromatic heterocycles. The van der Waals surface area contributed by atoms with E-state index in [4.69, 9.17) is 11.6 Å². The first-order chi connectivity index (χ1) is 13.6. The fourth-order valence-corrected chi connectivity index (χ4v) is 3.21. The van der Waals surface area contributed by atoms with Crippen molar-refractivity contribution in [2.45, 2.75) is 19.3 Å². The quantitative estimate of drug-likeness (QED) is 0.395. The molecule has 0 bridgehead atoms. The maximum atomic E-state index is 12.9. The molecule has 0 heterocycles. The molecule has 0 N–H and O–H groups in total. The molecule has 0 spiro atoms. The van der Waals surface area contributed by atoms with Gasteiger partial charge in [0.2, 0.25) is 0 Å². The van der Waals surface area contributed by atoms with Crippen molar-refractivity contribution in [3.63, 3.8) is 0 Å². The predicted octanol–water partition coefficient (Wildman–Crippen LogP) is 7.12. The third kappa shape index (κ3) is 5.80. The Kier molecular flexibility index (Phi) is 7.00. The normalized spacial score (nSPS) is 12.5. The van der Waals surface area contributed by atoms with E-state index in [1.165, 1.54) is 5.56 Å². The largest absolute Gasteiger partial charge is 0.294 e. The molecule has 2 heteroatoms. The van der Waals surface area contributed by atoms with Gasteiger partial charge in [-0.15, -0.1) is 0 Å². The van der Waals surface area contributed by atoms with Crippen molar-refractivity contribution in [2.24, 2.45) is 0 Å². The Bertz CT molecular complexity index is 969. The lowest BCUT2D eigenvalue weighted by atomic mass is 9.90. The number of benzene rings is 3. The van der Waals surface area contributed by atoms with Gasteiger partial charge >= 0.3 is 0 Å². The van der Waals surface area contributed by atoms with Crippen molar-refractivity contribution >= 4 is 29.5 Å². The van der Waals surface area contributed by atoms with Gasteiger partial charge in [-0.05, 0) is 48.2 Å². The SMILES string of the molecule is Cc1cccc(/C=C/CC(C(=O)/C=C/c2ccc(Cl)cc2)c2ccccc2)c1. The third-order valence-corrected chi connectivity index (χ3v) is 4.83. The molecule has 1 atom stereocenters. The van der Waals surface area contributed by atoms with Crippen molar-refractivity contribution in [3.05, 3.63) is 118 Å². The summed E-state index contributed by atoms with van der Waals surface area (Å²) in [7, 11) is 0. The maximum Gasteiger partial charge on any atom is 0.163 e. The molecule has 1 nitrogen and oxygen atoms in total. The van der Waals surface area contributed by atoms with Gasteiger partial charge in [-0.3, -0.25) is 4.79 Å². The van der Waals surface area contributed by atoms with Gasteiger partial charge in [0.05, 0.1) is 5.92 Å². The van der Waals surface area contributed by atoms with E-state index < -0.39 is 0 Å². The number of allylic oxidation sites excluding steroid dienone is 2. The van der Waals surface area contributed by atoms with Gasteiger partial charge in [-0.2, -0.15) is 0 Å². The molecule has 3 rings (SSSR count). The molecule has 140 valence electrons. The van der Waals surface area contributed by atoms with Crippen LogP contribution in [0.25, 0.3) is 12.2 Å². The van der Waals surface area contributed by atoms with Gasteiger partial charge < -0.3 is 0 Å². The average molecular weight is 387 g/mol. The number of hydrogen-bond acceptors (Lipinski definition) is 1. The summed E-state index contributed by atoms with van der Waals surface area (Å²) in [5, 5.41) is 0.687. The second kappa shape index (κ2) is 9.87.